The smallest absolute Gasteiger partial charge is 0.0894 e. The molecule has 0 N–H and O–H groups in total. The van der Waals surface area contributed by atoms with Gasteiger partial charge >= 0.3 is 0 Å². The van der Waals surface area contributed by atoms with Crippen molar-refractivity contribution >= 4 is 11.0 Å². The third kappa shape index (κ3) is 2.48. The van der Waals surface area contributed by atoms with Crippen molar-refractivity contribution in [2.45, 2.75) is 19.8 Å². The SMILES string of the molecule is CCCc1ccc(-c2cnc3ccccc3n2)cc1. The highest BCUT2D eigenvalue weighted by Gasteiger charge is 2.02. The summed E-state index contributed by atoms with van der Waals surface area (Å²) in [6, 6.07) is 16.6. The molecule has 0 saturated carbocycles. The lowest BCUT2D eigenvalue weighted by molar-refractivity contribution is 0.922. The van der Waals surface area contributed by atoms with Crippen LogP contribution in [0.25, 0.3) is 22.3 Å². The van der Waals surface area contributed by atoms with Gasteiger partial charge in [-0.25, -0.2) is 4.98 Å². The van der Waals surface area contributed by atoms with E-state index in [2.05, 4.69) is 41.2 Å². The van der Waals surface area contributed by atoms with Crippen molar-refractivity contribution in [3.05, 3.63) is 60.3 Å². The highest BCUT2D eigenvalue weighted by molar-refractivity contribution is 5.76. The minimum absolute atomic E-state index is 0.932. The van der Waals surface area contributed by atoms with Crippen molar-refractivity contribution in [2.24, 2.45) is 0 Å². The number of aromatic nitrogens is 2. The topological polar surface area (TPSA) is 25.8 Å². The second-order valence-electron chi connectivity index (χ2n) is 4.69. The molecular formula is C17H16N2. The number of para-hydroxylation sites is 2. The fourth-order valence-corrected chi connectivity index (χ4v) is 2.23. The third-order valence-electron chi connectivity index (χ3n) is 3.24. The molecule has 0 atom stereocenters. The zero-order chi connectivity index (χ0) is 13.1. The Balaban J connectivity index is 1.99. The van der Waals surface area contributed by atoms with Crippen LogP contribution in [-0.2, 0) is 6.42 Å². The van der Waals surface area contributed by atoms with Gasteiger partial charge in [0.1, 0.15) is 0 Å². The van der Waals surface area contributed by atoms with Gasteiger partial charge in [-0.1, -0.05) is 49.7 Å². The van der Waals surface area contributed by atoms with E-state index in [1.165, 1.54) is 12.0 Å². The Bertz CT molecular complexity index is 687. The highest BCUT2D eigenvalue weighted by Crippen LogP contribution is 2.19. The lowest BCUT2D eigenvalue weighted by atomic mass is 10.1. The lowest BCUT2D eigenvalue weighted by Crippen LogP contribution is -1.89. The maximum atomic E-state index is 4.66. The summed E-state index contributed by atoms with van der Waals surface area (Å²) in [5.41, 5.74) is 5.31. The van der Waals surface area contributed by atoms with Crippen LogP contribution in [0.4, 0.5) is 0 Å². The zero-order valence-electron chi connectivity index (χ0n) is 11.0. The predicted octanol–water partition coefficient (Wildman–Crippen LogP) is 4.25. The molecule has 0 saturated heterocycles. The van der Waals surface area contributed by atoms with E-state index in [-0.39, 0.29) is 0 Å². The Kier molecular flexibility index (Phi) is 3.23. The molecule has 3 aromatic rings. The zero-order valence-corrected chi connectivity index (χ0v) is 11.0. The first-order valence-corrected chi connectivity index (χ1v) is 6.68. The largest absolute Gasteiger partial charge is 0.252 e. The van der Waals surface area contributed by atoms with Crippen LogP contribution in [0.5, 0.6) is 0 Å². The summed E-state index contributed by atoms with van der Waals surface area (Å²) in [7, 11) is 0. The summed E-state index contributed by atoms with van der Waals surface area (Å²) in [5, 5.41) is 0. The fraction of sp³-hybridized carbons (Fsp3) is 0.176. The van der Waals surface area contributed by atoms with Gasteiger partial charge in [0.15, 0.2) is 0 Å². The molecule has 2 nitrogen and oxygen atoms in total. The monoisotopic (exact) mass is 248 g/mol. The summed E-state index contributed by atoms with van der Waals surface area (Å²) in [4.78, 5) is 9.11. The van der Waals surface area contributed by atoms with E-state index < -0.39 is 0 Å². The maximum Gasteiger partial charge on any atom is 0.0894 e. The van der Waals surface area contributed by atoms with Crippen molar-refractivity contribution in [3.8, 4) is 11.3 Å². The normalized spacial score (nSPS) is 10.8. The summed E-state index contributed by atoms with van der Waals surface area (Å²) < 4.78 is 0. The molecule has 3 rings (SSSR count). The van der Waals surface area contributed by atoms with Gasteiger partial charge in [-0.2, -0.15) is 0 Å². The molecule has 1 heterocycles. The quantitative estimate of drug-likeness (QED) is 0.692. The van der Waals surface area contributed by atoms with Crippen molar-refractivity contribution in [3.63, 3.8) is 0 Å². The van der Waals surface area contributed by atoms with Crippen molar-refractivity contribution in [1.29, 1.82) is 0 Å². The molecule has 0 unspecified atom stereocenters. The van der Waals surface area contributed by atoms with Crippen LogP contribution in [-0.4, -0.2) is 9.97 Å². The average Bonchev–Trinajstić information content (AvgIpc) is 2.48. The fourth-order valence-electron chi connectivity index (χ4n) is 2.23. The van der Waals surface area contributed by atoms with Crippen LogP contribution in [0.2, 0.25) is 0 Å². The molecular weight excluding hydrogens is 232 g/mol. The second-order valence-corrected chi connectivity index (χ2v) is 4.69. The van der Waals surface area contributed by atoms with E-state index >= 15 is 0 Å². The van der Waals surface area contributed by atoms with Crippen molar-refractivity contribution < 1.29 is 0 Å². The van der Waals surface area contributed by atoms with Gasteiger partial charge in [0, 0.05) is 5.56 Å². The Morgan fingerprint density at radius 2 is 1.63 bits per heavy atom. The number of hydrogen-bond acceptors (Lipinski definition) is 2. The molecule has 0 spiro atoms. The molecule has 0 bridgehead atoms. The molecule has 2 heteroatoms. The predicted molar refractivity (Wildman–Crippen MR) is 79.0 cm³/mol. The first-order valence-electron chi connectivity index (χ1n) is 6.68. The lowest BCUT2D eigenvalue weighted by Gasteiger charge is -2.04. The number of fused-ring (bicyclic) bond motifs is 1. The maximum absolute atomic E-state index is 4.66. The molecule has 0 fully saturated rings. The van der Waals surface area contributed by atoms with Crippen molar-refractivity contribution in [2.75, 3.05) is 0 Å². The van der Waals surface area contributed by atoms with Crippen LogP contribution in [0.3, 0.4) is 0 Å². The minimum atomic E-state index is 0.932. The van der Waals surface area contributed by atoms with Crippen LogP contribution in [0.15, 0.2) is 54.7 Å². The summed E-state index contributed by atoms with van der Waals surface area (Å²) in [5.74, 6) is 0. The van der Waals surface area contributed by atoms with Gasteiger partial charge in [0.2, 0.25) is 0 Å². The van der Waals surface area contributed by atoms with Gasteiger partial charge in [-0.3, -0.25) is 4.98 Å². The van der Waals surface area contributed by atoms with Crippen molar-refractivity contribution in [1.82, 2.24) is 9.97 Å². The van der Waals surface area contributed by atoms with Crippen LogP contribution < -0.4 is 0 Å². The Morgan fingerprint density at radius 3 is 2.37 bits per heavy atom. The molecule has 0 aliphatic rings. The third-order valence-corrected chi connectivity index (χ3v) is 3.24. The first kappa shape index (κ1) is 11.8. The number of benzene rings is 2. The van der Waals surface area contributed by atoms with E-state index in [9.17, 15) is 0 Å². The van der Waals surface area contributed by atoms with E-state index in [1.54, 1.807) is 0 Å². The molecule has 94 valence electrons. The van der Waals surface area contributed by atoms with Crippen LogP contribution in [0, 0.1) is 0 Å². The van der Waals surface area contributed by atoms with E-state index in [0.29, 0.717) is 0 Å². The van der Waals surface area contributed by atoms with Gasteiger partial charge < -0.3 is 0 Å². The molecule has 1 aromatic heterocycles. The summed E-state index contributed by atoms with van der Waals surface area (Å²) in [6.07, 6.45) is 4.15. The number of nitrogens with zero attached hydrogens (tertiary/aromatic N) is 2. The highest BCUT2D eigenvalue weighted by atomic mass is 14.8. The molecule has 0 amide bonds. The molecule has 0 aliphatic heterocycles. The average molecular weight is 248 g/mol. The molecule has 2 aromatic carbocycles. The second kappa shape index (κ2) is 5.19. The van der Waals surface area contributed by atoms with Gasteiger partial charge in [0.25, 0.3) is 0 Å². The molecule has 0 radical (unpaired) electrons. The number of aryl methyl sites for hydroxylation is 1. The van der Waals surface area contributed by atoms with Gasteiger partial charge in [-0.05, 0) is 24.1 Å². The van der Waals surface area contributed by atoms with Gasteiger partial charge in [0.05, 0.1) is 22.9 Å². The van der Waals surface area contributed by atoms with E-state index in [4.69, 9.17) is 0 Å². The Labute approximate surface area is 113 Å². The first-order chi connectivity index (χ1) is 9.36. The number of hydrogen-bond donors (Lipinski definition) is 0. The van der Waals surface area contributed by atoms with Crippen LogP contribution >= 0.6 is 0 Å². The van der Waals surface area contributed by atoms with Crippen LogP contribution in [0.1, 0.15) is 18.9 Å². The number of rotatable bonds is 3. The minimum Gasteiger partial charge on any atom is -0.252 e. The van der Waals surface area contributed by atoms with E-state index in [0.717, 1.165) is 28.7 Å². The Hall–Kier alpha value is -2.22. The summed E-state index contributed by atoms with van der Waals surface area (Å²) >= 11 is 0. The van der Waals surface area contributed by atoms with E-state index in [1.807, 2.05) is 30.5 Å². The summed E-state index contributed by atoms with van der Waals surface area (Å²) in [6.45, 7) is 2.20. The standard InChI is InChI=1S/C17H16N2/c1-2-5-13-8-10-14(11-9-13)17-12-18-15-6-3-4-7-16(15)19-17/h3-4,6-12H,2,5H2,1H3. The Morgan fingerprint density at radius 1 is 0.895 bits per heavy atom. The van der Waals surface area contributed by atoms with Gasteiger partial charge in [-0.15, -0.1) is 0 Å². The molecule has 19 heavy (non-hydrogen) atoms. The molecule has 0 aliphatic carbocycles.